The Bertz CT molecular complexity index is 744. The van der Waals surface area contributed by atoms with Crippen molar-refractivity contribution in [2.24, 2.45) is 0 Å². The SMILES string of the molecule is CCNC(=O)[C@@H](C)c1ccc2cc(OC)ccc2c1.O=P([O-])([O-])O.[Na+].[Na+]. The maximum atomic E-state index is 11.8. The molecule has 2 aromatic carbocycles. The average molecular weight is 399 g/mol. The van der Waals surface area contributed by atoms with Crippen LogP contribution in [0.4, 0.5) is 0 Å². The minimum Gasteiger partial charge on any atom is -0.790 e. The minimum absolute atomic E-state index is 0. The van der Waals surface area contributed by atoms with Crippen LogP contribution in [-0.2, 0) is 9.36 Å². The van der Waals surface area contributed by atoms with Crippen molar-refractivity contribution >= 4 is 24.5 Å². The number of hydrogen-bond donors (Lipinski definition) is 2. The van der Waals surface area contributed by atoms with Crippen molar-refractivity contribution in [3.05, 3.63) is 42.0 Å². The number of methoxy groups -OCH3 is 1. The van der Waals surface area contributed by atoms with E-state index in [4.69, 9.17) is 24.0 Å². The summed E-state index contributed by atoms with van der Waals surface area (Å²) >= 11 is 0. The van der Waals surface area contributed by atoms with Crippen LogP contribution >= 0.6 is 7.82 Å². The molecule has 2 N–H and O–H groups in total. The van der Waals surface area contributed by atoms with Crippen LogP contribution in [0.15, 0.2) is 36.4 Å². The van der Waals surface area contributed by atoms with E-state index in [9.17, 15) is 4.79 Å². The van der Waals surface area contributed by atoms with Crippen LogP contribution in [0, 0.1) is 0 Å². The Morgan fingerprint density at radius 1 is 1.19 bits per heavy atom. The van der Waals surface area contributed by atoms with Gasteiger partial charge in [0.25, 0.3) is 0 Å². The molecular weight excluding hydrogens is 379 g/mol. The van der Waals surface area contributed by atoms with Crippen molar-refractivity contribution in [1.29, 1.82) is 0 Å². The van der Waals surface area contributed by atoms with Crippen molar-refractivity contribution in [2.45, 2.75) is 19.8 Å². The Morgan fingerprint density at radius 2 is 1.69 bits per heavy atom. The molecule has 26 heavy (non-hydrogen) atoms. The van der Waals surface area contributed by atoms with Gasteiger partial charge in [-0.05, 0) is 42.3 Å². The van der Waals surface area contributed by atoms with E-state index in [0.717, 1.165) is 22.1 Å². The van der Waals surface area contributed by atoms with Gasteiger partial charge < -0.3 is 29.3 Å². The number of hydrogen-bond acceptors (Lipinski definition) is 5. The van der Waals surface area contributed by atoms with E-state index in [1.54, 1.807) is 7.11 Å². The molecule has 7 nitrogen and oxygen atoms in total. The molecule has 132 valence electrons. The van der Waals surface area contributed by atoms with E-state index >= 15 is 0 Å². The molecule has 0 saturated heterocycles. The summed E-state index contributed by atoms with van der Waals surface area (Å²) in [5, 5.41) is 5.09. The molecule has 0 aliphatic carbocycles. The first-order valence-corrected chi connectivity index (χ1v) is 8.75. The first kappa shape index (κ1) is 28.3. The third kappa shape index (κ3) is 10.4. The Balaban J connectivity index is 0. The van der Waals surface area contributed by atoms with Crippen LogP contribution in [-0.4, -0.2) is 24.5 Å². The molecule has 0 heterocycles. The number of likely N-dealkylation sites (N-methyl/N-ethyl adjacent to an activating group) is 1. The van der Waals surface area contributed by atoms with E-state index in [2.05, 4.69) is 11.4 Å². The number of phosphoric acid groups is 1. The van der Waals surface area contributed by atoms with E-state index in [-0.39, 0.29) is 70.9 Å². The molecule has 0 bridgehead atoms. The second-order valence-corrected chi connectivity index (χ2v) is 5.99. The number of fused-ring (bicyclic) bond motifs is 1. The third-order valence-corrected chi connectivity index (χ3v) is 3.32. The van der Waals surface area contributed by atoms with E-state index in [1.807, 2.05) is 44.2 Å². The third-order valence-electron chi connectivity index (χ3n) is 3.32. The van der Waals surface area contributed by atoms with Gasteiger partial charge in [-0.3, -0.25) is 4.79 Å². The Labute approximate surface area is 197 Å². The van der Waals surface area contributed by atoms with Crippen molar-refractivity contribution in [2.75, 3.05) is 13.7 Å². The first-order chi connectivity index (χ1) is 11.2. The second-order valence-electron chi connectivity index (χ2n) is 5.06. The smallest absolute Gasteiger partial charge is 0.790 e. The van der Waals surface area contributed by atoms with E-state index in [0.29, 0.717) is 6.54 Å². The zero-order chi connectivity index (χ0) is 18.3. The van der Waals surface area contributed by atoms with Gasteiger partial charge in [-0.15, -0.1) is 0 Å². The summed E-state index contributed by atoms with van der Waals surface area (Å²) in [6, 6.07) is 12.0. The zero-order valence-electron chi connectivity index (χ0n) is 15.7. The molecule has 1 amide bonds. The van der Waals surface area contributed by atoms with Crippen LogP contribution in [0.2, 0.25) is 0 Å². The van der Waals surface area contributed by atoms with Crippen LogP contribution in [0.3, 0.4) is 0 Å². The number of carbonyl (C=O) groups excluding carboxylic acids is 1. The summed E-state index contributed by atoms with van der Waals surface area (Å²) in [6.45, 7) is 4.51. The van der Waals surface area contributed by atoms with Crippen molar-refractivity contribution < 1.29 is 87.9 Å². The molecule has 1 atom stereocenters. The van der Waals surface area contributed by atoms with Gasteiger partial charge in [-0.2, -0.15) is 0 Å². The number of carbonyl (C=O) groups is 1. The number of benzene rings is 2. The van der Waals surface area contributed by atoms with Crippen molar-refractivity contribution in [3.63, 3.8) is 0 Å². The number of ether oxygens (including phenoxy) is 1. The Kier molecular flexibility index (Phi) is 14.5. The van der Waals surface area contributed by atoms with Gasteiger partial charge >= 0.3 is 59.1 Å². The number of amides is 1. The number of rotatable bonds is 4. The molecule has 2 rings (SSSR count). The quantitative estimate of drug-likeness (QED) is 0.392. The summed E-state index contributed by atoms with van der Waals surface area (Å²) in [5.41, 5.74) is 1.03. The molecule has 0 spiro atoms. The maximum absolute atomic E-state index is 11.8. The summed E-state index contributed by atoms with van der Waals surface area (Å²) in [4.78, 5) is 36.1. The predicted molar refractivity (Wildman–Crippen MR) is 87.4 cm³/mol. The second kappa shape index (κ2) is 13.3. The van der Waals surface area contributed by atoms with Gasteiger partial charge in [0.05, 0.1) is 20.9 Å². The Morgan fingerprint density at radius 3 is 2.19 bits per heavy atom. The van der Waals surface area contributed by atoms with Crippen molar-refractivity contribution in [1.82, 2.24) is 5.32 Å². The maximum Gasteiger partial charge on any atom is 1.00 e. The van der Waals surface area contributed by atoms with Crippen molar-refractivity contribution in [3.8, 4) is 5.75 Å². The largest absolute Gasteiger partial charge is 1.00 e. The molecule has 10 heteroatoms. The van der Waals surface area contributed by atoms with Gasteiger partial charge in [-0.1, -0.05) is 24.3 Å². The summed E-state index contributed by atoms with van der Waals surface area (Å²) in [7, 11) is -3.48. The summed E-state index contributed by atoms with van der Waals surface area (Å²) in [5.74, 6) is 0.777. The van der Waals surface area contributed by atoms with E-state index in [1.165, 1.54) is 0 Å². The van der Waals surface area contributed by atoms with Crippen LogP contribution in [0.5, 0.6) is 5.75 Å². The summed E-state index contributed by atoms with van der Waals surface area (Å²) < 4.78 is 13.9. The molecule has 2 aromatic rings. The van der Waals surface area contributed by atoms with Crippen LogP contribution in [0.25, 0.3) is 10.8 Å². The topological polar surface area (TPSA) is 122 Å². The zero-order valence-corrected chi connectivity index (χ0v) is 20.6. The van der Waals surface area contributed by atoms with Gasteiger partial charge in [-0.25, -0.2) is 0 Å². The molecule has 0 radical (unpaired) electrons. The molecule has 0 aliphatic heterocycles. The van der Waals surface area contributed by atoms with Crippen LogP contribution in [0.1, 0.15) is 25.3 Å². The van der Waals surface area contributed by atoms with E-state index < -0.39 is 7.82 Å². The predicted octanol–water partition coefficient (Wildman–Crippen LogP) is -5.10. The molecule has 0 aromatic heterocycles. The summed E-state index contributed by atoms with van der Waals surface area (Å²) in [6.07, 6.45) is 0. The van der Waals surface area contributed by atoms with Crippen LogP contribution < -0.4 is 79.0 Å². The van der Waals surface area contributed by atoms with Gasteiger partial charge in [0.1, 0.15) is 5.75 Å². The molecule has 0 saturated carbocycles. The standard InChI is InChI=1S/C16H19NO2.2Na.H3O4P/c1-4-17-16(18)11(2)12-5-6-14-10-15(19-3)8-7-13(14)9-12;;;1-5(2,3)4/h5-11H,4H2,1-3H3,(H,17,18);;;(H3,1,2,3,4)/q;2*+1;/p-2/t11-;;;/m0.../s1. The minimum atomic E-state index is -5.14. The monoisotopic (exact) mass is 399 g/mol. The fourth-order valence-corrected chi connectivity index (χ4v) is 2.12. The molecule has 0 aliphatic rings. The normalized spacial score (nSPS) is 11.2. The molecular formula is C16H20NNa2O6P. The Hall–Kier alpha value is 0.0800. The van der Waals surface area contributed by atoms with Gasteiger partial charge in [0.15, 0.2) is 0 Å². The fourth-order valence-electron chi connectivity index (χ4n) is 2.12. The first-order valence-electron chi connectivity index (χ1n) is 7.26. The van der Waals surface area contributed by atoms with Gasteiger partial charge in [0, 0.05) is 6.54 Å². The van der Waals surface area contributed by atoms with Gasteiger partial charge in [0.2, 0.25) is 5.91 Å². The average Bonchev–Trinajstić information content (AvgIpc) is 2.51. The fraction of sp³-hybridized carbons (Fsp3) is 0.312. The number of nitrogens with one attached hydrogen (secondary N) is 1. The molecule has 0 fully saturated rings. The molecule has 0 unspecified atom stereocenters.